The van der Waals surface area contributed by atoms with Crippen LogP contribution in [-0.4, -0.2) is 0 Å². The zero-order valence-corrected chi connectivity index (χ0v) is 21.8. The Morgan fingerprint density at radius 1 is 0.759 bits per heavy atom. The molecule has 0 saturated heterocycles. The zero-order chi connectivity index (χ0) is 22.5. The second kappa shape index (κ2) is 22.2. The van der Waals surface area contributed by atoms with Crippen molar-refractivity contribution >= 4 is 0 Å². The number of unbranched alkanes of at least 4 members (excludes halogenated alkanes) is 2. The van der Waals surface area contributed by atoms with Crippen LogP contribution in [0.1, 0.15) is 145 Å². The van der Waals surface area contributed by atoms with E-state index < -0.39 is 0 Å². The lowest BCUT2D eigenvalue weighted by Gasteiger charge is -2.31. The molecular weight excluding hydrogens is 348 g/mol. The highest BCUT2D eigenvalue weighted by molar-refractivity contribution is 4.89. The van der Waals surface area contributed by atoms with E-state index in [1.807, 2.05) is 0 Å². The molecule has 0 heteroatoms. The summed E-state index contributed by atoms with van der Waals surface area (Å²) in [5.41, 5.74) is 2.67. The lowest BCUT2D eigenvalue weighted by molar-refractivity contribution is 0.210. The van der Waals surface area contributed by atoms with Gasteiger partial charge >= 0.3 is 0 Å². The largest absolute Gasteiger partial charge is 0.100 e. The van der Waals surface area contributed by atoms with Crippen LogP contribution in [-0.2, 0) is 0 Å². The number of hydrogen-bond acceptors (Lipinski definition) is 0. The molecule has 0 aliphatic heterocycles. The Morgan fingerprint density at radius 2 is 1.28 bits per heavy atom. The molecule has 0 aromatic heterocycles. The molecule has 1 fully saturated rings. The fourth-order valence-electron chi connectivity index (χ4n) is 4.08. The monoisotopic (exact) mass is 406 g/mol. The molecule has 0 N–H and O–H groups in total. The van der Waals surface area contributed by atoms with Crippen molar-refractivity contribution in [3.63, 3.8) is 0 Å². The SMILES string of the molecule is C=C(C)CCC1CCCCC1CCC.C=C(C)CCCC.CCCCC(C)CC. The van der Waals surface area contributed by atoms with Crippen molar-refractivity contribution in [2.75, 3.05) is 0 Å². The smallest absolute Gasteiger partial charge is 0.0323 e. The average Bonchev–Trinajstić information content (AvgIpc) is 2.70. The van der Waals surface area contributed by atoms with Crippen LogP contribution in [0.5, 0.6) is 0 Å². The Bertz CT molecular complexity index is 362. The minimum absolute atomic E-state index is 0.954. The molecule has 1 saturated carbocycles. The van der Waals surface area contributed by atoms with E-state index in [0.717, 1.165) is 17.8 Å². The van der Waals surface area contributed by atoms with Gasteiger partial charge in [-0.3, -0.25) is 0 Å². The maximum atomic E-state index is 4.01. The van der Waals surface area contributed by atoms with Gasteiger partial charge in [-0.15, -0.1) is 13.2 Å². The number of rotatable bonds is 12. The van der Waals surface area contributed by atoms with Gasteiger partial charge in [0.2, 0.25) is 0 Å². The minimum Gasteiger partial charge on any atom is -0.100 e. The van der Waals surface area contributed by atoms with Gasteiger partial charge in [0.15, 0.2) is 0 Å². The van der Waals surface area contributed by atoms with Gasteiger partial charge in [-0.05, 0) is 57.3 Å². The first kappa shape index (κ1) is 30.7. The topological polar surface area (TPSA) is 0 Å². The summed E-state index contributed by atoms with van der Waals surface area (Å²) >= 11 is 0. The molecule has 0 bridgehead atoms. The third-order valence-corrected chi connectivity index (χ3v) is 6.37. The Hall–Kier alpha value is -0.520. The summed E-state index contributed by atoms with van der Waals surface area (Å²) in [7, 11) is 0. The standard InChI is InChI=1S/C14H26.C8H18.C7H14/c1-4-7-13-8-5-6-9-14(13)11-10-12(2)3;1-4-6-7-8(3)5-2;1-4-5-6-7(2)3/h13-14H,2,4-11H2,1,3H3;8H,4-7H2,1-3H3;2,4-6H2,1,3H3. The summed E-state index contributed by atoms with van der Waals surface area (Å²) in [5, 5.41) is 0. The van der Waals surface area contributed by atoms with E-state index in [2.05, 4.69) is 61.6 Å². The van der Waals surface area contributed by atoms with Crippen LogP contribution in [0.4, 0.5) is 0 Å². The first-order chi connectivity index (χ1) is 13.8. The van der Waals surface area contributed by atoms with E-state index in [1.165, 1.54) is 107 Å². The lowest BCUT2D eigenvalue weighted by Crippen LogP contribution is -2.19. The molecule has 0 aromatic rings. The molecule has 0 nitrogen and oxygen atoms in total. The quantitative estimate of drug-likeness (QED) is 0.283. The number of allylic oxidation sites excluding steroid dienone is 2. The highest BCUT2D eigenvalue weighted by Gasteiger charge is 2.23. The van der Waals surface area contributed by atoms with Crippen LogP contribution in [0.3, 0.4) is 0 Å². The van der Waals surface area contributed by atoms with Gasteiger partial charge in [0.05, 0.1) is 0 Å². The van der Waals surface area contributed by atoms with Crippen molar-refractivity contribution in [1.29, 1.82) is 0 Å². The van der Waals surface area contributed by atoms with Crippen molar-refractivity contribution in [1.82, 2.24) is 0 Å². The van der Waals surface area contributed by atoms with Gasteiger partial charge in [-0.25, -0.2) is 0 Å². The van der Waals surface area contributed by atoms with Gasteiger partial charge in [0.1, 0.15) is 0 Å². The van der Waals surface area contributed by atoms with Crippen LogP contribution < -0.4 is 0 Å². The molecule has 0 heterocycles. The predicted octanol–water partition coefficient (Wildman–Crippen LogP) is 10.9. The van der Waals surface area contributed by atoms with E-state index in [0.29, 0.717) is 0 Å². The molecule has 0 aromatic carbocycles. The Balaban J connectivity index is 0. The second-order valence-corrected chi connectivity index (χ2v) is 9.81. The first-order valence-electron chi connectivity index (χ1n) is 13.1. The molecular formula is C29H58. The summed E-state index contributed by atoms with van der Waals surface area (Å²) in [4.78, 5) is 0. The van der Waals surface area contributed by atoms with Crippen LogP contribution in [0.2, 0.25) is 0 Å². The average molecular weight is 407 g/mol. The summed E-state index contributed by atoms with van der Waals surface area (Å²) in [6.07, 6.45) is 20.7. The van der Waals surface area contributed by atoms with E-state index in [-0.39, 0.29) is 0 Å². The molecule has 1 rings (SSSR count). The third kappa shape index (κ3) is 22.0. The van der Waals surface area contributed by atoms with E-state index in [4.69, 9.17) is 0 Å². The molecule has 29 heavy (non-hydrogen) atoms. The molecule has 0 radical (unpaired) electrons. The van der Waals surface area contributed by atoms with Gasteiger partial charge < -0.3 is 0 Å². The van der Waals surface area contributed by atoms with E-state index in [9.17, 15) is 0 Å². The maximum absolute atomic E-state index is 4.01. The Labute approximate surface area is 187 Å². The van der Waals surface area contributed by atoms with Gasteiger partial charge in [-0.1, -0.05) is 116 Å². The fraction of sp³-hybridized carbons (Fsp3) is 0.862. The van der Waals surface area contributed by atoms with Gasteiger partial charge in [0.25, 0.3) is 0 Å². The Kier molecular flexibility index (Phi) is 23.4. The van der Waals surface area contributed by atoms with Gasteiger partial charge in [0, 0.05) is 0 Å². The molecule has 0 spiro atoms. The molecule has 0 amide bonds. The predicted molar refractivity (Wildman–Crippen MR) is 138 cm³/mol. The third-order valence-electron chi connectivity index (χ3n) is 6.37. The van der Waals surface area contributed by atoms with Crippen molar-refractivity contribution in [3.05, 3.63) is 24.3 Å². The van der Waals surface area contributed by atoms with Crippen molar-refractivity contribution in [2.24, 2.45) is 17.8 Å². The van der Waals surface area contributed by atoms with Gasteiger partial charge in [-0.2, -0.15) is 0 Å². The van der Waals surface area contributed by atoms with E-state index in [1.54, 1.807) is 0 Å². The highest BCUT2D eigenvalue weighted by Crippen LogP contribution is 2.36. The highest BCUT2D eigenvalue weighted by atomic mass is 14.3. The lowest BCUT2D eigenvalue weighted by atomic mass is 9.74. The van der Waals surface area contributed by atoms with Crippen molar-refractivity contribution in [2.45, 2.75) is 145 Å². The molecule has 1 aliphatic rings. The molecule has 1 aliphatic carbocycles. The van der Waals surface area contributed by atoms with Crippen molar-refractivity contribution in [3.8, 4) is 0 Å². The van der Waals surface area contributed by atoms with Crippen molar-refractivity contribution < 1.29 is 0 Å². The summed E-state index contributed by atoms with van der Waals surface area (Å²) in [5.74, 6) is 3.00. The van der Waals surface area contributed by atoms with Crippen LogP contribution in [0.25, 0.3) is 0 Å². The zero-order valence-electron chi connectivity index (χ0n) is 21.8. The summed E-state index contributed by atoms with van der Waals surface area (Å²) < 4.78 is 0. The van der Waals surface area contributed by atoms with Crippen LogP contribution >= 0.6 is 0 Å². The maximum Gasteiger partial charge on any atom is -0.0323 e. The molecule has 3 atom stereocenters. The van der Waals surface area contributed by atoms with Crippen LogP contribution in [0, 0.1) is 17.8 Å². The molecule has 3 unspecified atom stereocenters. The fourth-order valence-corrected chi connectivity index (χ4v) is 4.08. The van der Waals surface area contributed by atoms with E-state index >= 15 is 0 Å². The minimum atomic E-state index is 0.954. The van der Waals surface area contributed by atoms with Crippen LogP contribution in [0.15, 0.2) is 24.3 Å². The number of hydrogen-bond donors (Lipinski definition) is 0. The normalized spacial score (nSPS) is 19.3. The molecule has 174 valence electrons. The summed E-state index contributed by atoms with van der Waals surface area (Å²) in [6, 6.07) is 0. The summed E-state index contributed by atoms with van der Waals surface area (Å²) in [6.45, 7) is 23.4. The first-order valence-corrected chi connectivity index (χ1v) is 13.1. The second-order valence-electron chi connectivity index (χ2n) is 9.81. The Morgan fingerprint density at radius 3 is 1.66 bits per heavy atom.